The molecule has 1 rings (SSSR count). The summed E-state index contributed by atoms with van der Waals surface area (Å²) in [5.74, 6) is 0. The second kappa shape index (κ2) is 5.88. The first-order valence-electron chi connectivity index (χ1n) is 5.23. The van der Waals surface area contributed by atoms with E-state index in [1.165, 1.54) is 18.2 Å². The Morgan fingerprint density at radius 2 is 2.06 bits per heavy atom. The molecule has 0 fully saturated rings. The monoisotopic (exact) mass is 355 g/mol. The van der Waals surface area contributed by atoms with Crippen molar-refractivity contribution in [2.24, 2.45) is 5.41 Å². The van der Waals surface area contributed by atoms with Crippen molar-refractivity contribution < 1.29 is 13.5 Å². The predicted octanol–water partition coefficient (Wildman–Crippen LogP) is 2.40. The molecular formula is C11H15BrClNO3S. The molecule has 0 atom stereocenters. The Morgan fingerprint density at radius 3 is 2.56 bits per heavy atom. The van der Waals surface area contributed by atoms with Gasteiger partial charge in [0.25, 0.3) is 0 Å². The smallest absolute Gasteiger partial charge is 0.240 e. The van der Waals surface area contributed by atoms with Crippen LogP contribution in [0.5, 0.6) is 0 Å². The Labute approximate surface area is 121 Å². The lowest BCUT2D eigenvalue weighted by Crippen LogP contribution is -2.36. The van der Waals surface area contributed by atoms with E-state index in [-0.39, 0.29) is 18.0 Å². The molecule has 0 radical (unpaired) electrons. The van der Waals surface area contributed by atoms with Gasteiger partial charge in [0.1, 0.15) is 0 Å². The summed E-state index contributed by atoms with van der Waals surface area (Å²) in [6.45, 7) is 3.60. The summed E-state index contributed by atoms with van der Waals surface area (Å²) in [5.41, 5.74) is -0.503. The highest BCUT2D eigenvalue weighted by Crippen LogP contribution is 2.25. The van der Waals surface area contributed by atoms with Crippen LogP contribution >= 0.6 is 27.5 Å². The van der Waals surface area contributed by atoms with Crippen molar-refractivity contribution in [3.63, 3.8) is 0 Å². The van der Waals surface area contributed by atoms with E-state index in [9.17, 15) is 8.42 Å². The van der Waals surface area contributed by atoms with E-state index < -0.39 is 15.4 Å². The van der Waals surface area contributed by atoms with Gasteiger partial charge in [0.05, 0.1) is 9.92 Å². The third-order valence-corrected chi connectivity index (χ3v) is 4.98. The molecule has 0 saturated carbocycles. The lowest BCUT2D eigenvalue weighted by Gasteiger charge is -2.21. The van der Waals surface area contributed by atoms with Crippen molar-refractivity contribution in [2.75, 3.05) is 13.2 Å². The molecule has 0 unspecified atom stereocenters. The van der Waals surface area contributed by atoms with Crippen molar-refractivity contribution in [3.8, 4) is 0 Å². The van der Waals surface area contributed by atoms with Gasteiger partial charge in [-0.25, -0.2) is 13.1 Å². The lowest BCUT2D eigenvalue weighted by atomic mass is 9.96. The first-order valence-corrected chi connectivity index (χ1v) is 7.89. The maximum atomic E-state index is 12.0. The minimum atomic E-state index is -3.59. The summed E-state index contributed by atoms with van der Waals surface area (Å²) in [7, 11) is -3.59. The van der Waals surface area contributed by atoms with Crippen LogP contribution in [0.1, 0.15) is 13.8 Å². The van der Waals surface area contributed by atoms with Crippen molar-refractivity contribution >= 4 is 37.6 Å². The summed E-state index contributed by atoms with van der Waals surface area (Å²) in [6.07, 6.45) is 0. The van der Waals surface area contributed by atoms with Gasteiger partial charge in [-0.3, -0.25) is 0 Å². The van der Waals surface area contributed by atoms with Crippen molar-refractivity contribution in [1.82, 2.24) is 4.72 Å². The number of sulfonamides is 1. The van der Waals surface area contributed by atoms with Gasteiger partial charge in [-0.1, -0.05) is 25.4 Å². The average molecular weight is 357 g/mol. The number of hydrogen-bond donors (Lipinski definition) is 2. The van der Waals surface area contributed by atoms with Gasteiger partial charge in [0.15, 0.2) is 0 Å². The number of halogens is 2. The van der Waals surface area contributed by atoms with Gasteiger partial charge in [0.2, 0.25) is 10.0 Å². The van der Waals surface area contributed by atoms with Gasteiger partial charge in [0, 0.05) is 23.0 Å². The summed E-state index contributed by atoms with van der Waals surface area (Å²) in [6, 6.07) is 4.38. The highest BCUT2D eigenvalue weighted by molar-refractivity contribution is 9.10. The Morgan fingerprint density at radius 1 is 1.44 bits per heavy atom. The Kier molecular flexibility index (Phi) is 5.20. The molecular weight excluding hydrogens is 342 g/mol. The molecule has 0 aliphatic carbocycles. The number of nitrogens with one attached hydrogen (secondary N) is 1. The van der Waals surface area contributed by atoms with Crippen LogP contribution in [0.15, 0.2) is 27.6 Å². The second-order valence-corrected chi connectivity index (χ2v) is 7.75. The predicted molar refractivity (Wildman–Crippen MR) is 75.2 cm³/mol. The number of aliphatic hydroxyl groups excluding tert-OH is 1. The van der Waals surface area contributed by atoms with Gasteiger partial charge in [-0.05, 0) is 34.1 Å². The Balaban J connectivity index is 2.90. The Bertz CT molecular complexity index is 531. The van der Waals surface area contributed by atoms with Gasteiger partial charge in [-0.2, -0.15) is 0 Å². The van der Waals surface area contributed by atoms with Gasteiger partial charge >= 0.3 is 0 Å². The molecule has 4 nitrogen and oxygen atoms in total. The summed E-state index contributed by atoms with van der Waals surface area (Å²) >= 11 is 8.99. The molecule has 0 heterocycles. The Hall–Kier alpha value is -0.140. The van der Waals surface area contributed by atoms with Crippen LogP contribution in [0.25, 0.3) is 0 Å². The van der Waals surface area contributed by atoms with E-state index in [1.807, 2.05) is 0 Å². The van der Waals surface area contributed by atoms with Crippen LogP contribution in [0.3, 0.4) is 0 Å². The first-order chi connectivity index (χ1) is 8.18. The SMILES string of the molecule is CC(C)(CO)CNS(=O)(=O)c1ccc(Cl)c(Br)c1. The standard InChI is InChI=1S/C11H15BrClNO3S/c1-11(2,7-15)6-14-18(16,17)8-3-4-10(13)9(12)5-8/h3-5,14-15H,6-7H2,1-2H3. The van der Waals surface area contributed by atoms with Crippen LogP contribution < -0.4 is 4.72 Å². The average Bonchev–Trinajstić information content (AvgIpc) is 2.30. The molecule has 0 bridgehead atoms. The minimum absolute atomic E-state index is 0.0974. The van der Waals surface area contributed by atoms with Crippen LogP contribution in [0, 0.1) is 5.41 Å². The van der Waals surface area contributed by atoms with Crippen LogP contribution in [0.2, 0.25) is 5.02 Å². The molecule has 2 N–H and O–H groups in total. The first kappa shape index (κ1) is 15.9. The molecule has 18 heavy (non-hydrogen) atoms. The van der Waals surface area contributed by atoms with Crippen LogP contribution in [-0.2, 0) is 10.0 Å². The van der Waals surface area contributed by atoms with Crippen LogP contribution in [-0.4, -0.2) is 26.7 Å². The quantitative estimate of drug-likeness (QED) is 0.851. The zero-order valence-electron chi connectivity index (χ0n) is 10.1. The molecule has 1 aromatic carbocycles. The largest absolute Gasteiger partial charge is 0.396 e. The fraction of sp³-hybridized carbons (Fsp3) is 0.455. The molecule has 7 heteroatoms. The highest BCUT2D eigenvalue weighted by Gasteiger charge is 2.22. The second-order valence-electron chi connectivity index (χ2n) is 4.72. The number of benzene rings is 1. The molecule has 102 valence electrons. The van der Waals surface area contributed by atoms with E-state index >= 15 is 0 Å². The molecule has 0 aromatic heterocycles. The molecule has 1 aromatic rings. The van der Waals surface area contributed by atoms with Gasteiger partial charge < -0.3 is 5.11 Å². The zero-order valence-corrected chi connectivity index (χ0v) is 13.2. The molecule has 0 aliphatic heterocycles. The number of rotatable bonds is 5. The summed E-state index contributed by atoms with van der Waals surface area (Å²) < 4.78 is 27.0. The normalized spacial score (nSPS) is 12.7. The number of aliphatic hydroxyl groups is 1. The molecule has 0 spiro atoms. The third kappa shape index (κ3) is 4.20. The fourth-order valence-corrected chi connectivity index (χ4v) is 2.99. The van der Waals surface area contributed by atoms with Crippen molar-refractivity contribution in [2.45, 2.75) is 18.7 Å². The van der Waals surface area contributed by atoms with Gasteiger partial charge in [-0.15, -0.1) is 0 Å². The fourth-order valence-electron chi connectivity index (χ4n) is 1.07. The lowest BCUT2D eigenvalue weighted by molar-refractivity contribution is 0.163. The highest BCUT2D eigenvalue weighted by atomic mass is 79.9. The minimum Gasteiger partial charge on any atom is -0.396 e. The van der Waals surface area contributed by atoms with Crippen LogP contribution in [0.4, 0.5) is 0 Å². The molecule has 0 aliphatic rings. The maximum Gasteiger partial charge on any atom is 0.240 e. The van der Waals surface area contributed by atoms with Crippen molar-refractivity contribution in [1.29, 1.82) is 0 Å². The van der Waals surface area contributed by atoms with Crippen molar-refractivity contribution in [3.05, 3.63) is 27.7 Å². The van der Waals surface area contributed by atoms with E-state index in [2.05, 4.69) is 20.7 Å². The summed E-state index contributed by atoms with van der Waals surface area (Å²) in [5, 5.41) is 9.53. The van der Waals surface area contributed by atoms with E-state index in [4.69, 9.17) is 16.7 Å². The third-order valence-electron chi connectivity index (χ3n) is 2.37. The summed E-state index contributed by atoms with van der Waals surface area (Å²) in [4.78, 5) is 0.132. The molecule has 0 saturated heterocycles. The number of hydrogen-bond acceptors (Lipinski definition) is 3. The zero-order chi connectivity index (χ0) is 14.0. The van der Waals surface area contributed by atoms with E-state index in [0.717, 1.165) is 0 Å². The molecule has 0 amide bonds. The topological polar surface area (TPSA) is 66.4 Å². The van der Waals surface area contributed by atoms with E-state index in [1.54, 1.807) is 13.8 Å². The maximum absolute atomic E-state index is 12.0. The van der Waals surface area contributed by atoms with E-state index in [0.29, 0.717) is 9.50 Å².